The first kappa shape index (κ1) is 15.7. The molecule has 3 fully saturated rings. The van der Waals surface area contributed by atoms with Crippen LogP contribution in [-0.2, 0) is 0 Å². The number of nitrogens with zero attached hydrogens (tertiary/aromatic N) is 1. The van der Waals surface area contributed by atoms with Crippen LogP contribution in [0.25, 0.3) is 0 Å². The maximum Gasteiger partial charge on any atom is 0.349 e. The van der Waals surface area contributed by atoms with Gasteiger partial charge in [-0.2, -0.15) is 0 Å². The van der Waals surface area contributed by atoms with Crippen LogP contribution in [0.3, 0.4) is 0 Å². The maximum absolute atomic E-state index is 13.3. The van der Waals surface area contributed by atoms with Crippen LogP contribution in [0.5, 0.6) is 0 Å². The number of likely N-dealkylation sites (tertiary alicyclic amines) is 1. The molecule has 1 aromatic heterocycles. The van der Waals surface area contributed by atoms with Crippen molar-refractivity contribution in [2.24, 2.45) is 11.8 Å². The second kappa shape index (κ2) is 5.37. The van der Waals surface area contributed by atoms with E-state index in [-0.39, 0.29) is 24.6 Å². The van der Waals surface area contributed by atoms with Gasteiger partial charge in [0.25, 0.3) is 11.8 Å². The number of alkyl halides is 2. The topological polar surface area (TPSA) is 62.6 Å². The number of halogens is 2. The number of rotatable bonds is 2. The number of amides is 1. The molecule has 0 radical (unpaired) electrons. The number of aryl methyl sites for hydroxylation is 1. The van der Waals surface area contributed by atoms with Crippen molar-refractivity contribution in [3.8, 4) is 0 Å². The normalized spacial score (nSPS) is 31.0. The van der Waals surface area contributed by atoms with Gasteiger partial charge < -0.3 is 14.6 Å². The van der Waals surface area contributed by atoms with Crippen molar-refractivity contribution in [2.45, 2.75) is 31.6 Å². The Morgan fingerprint density at radius 3 is 2.67 bits per heavy atom. The first-order chi connectivity index (χ1) is 11.4. The van der Waals surface area contributed by atoms with Gasteiger partial charge in [-0.05, 0) is 37.9 Å². The number of nitrogens with one attached hydrogen (secondary N) is 1. The minimum Gasteiger partial charge on any atom is -0.427 e. The first-order valence-corrected chi connectivity index (χ1v) is 8.42. The van der Waals surface area contributed by atoms with E-state index in [4.69, 9.17) is 4.42 Å². The van der Waals surface area contributed by atoms with E-state index in [0.717, 1.165) is 25.9 Å². The van der Waals surface area contributed by atoms with Gasteiger partial charge in [-0.15, -0.1) is 0 Å². The van der Waals surface area contributed by atoms with Crippen LogP contribution in [0.4, 0.5) is 8.78 Å². The standard InChI is InChI=1S/C17H20F2N2O3/c1-9-5-13(10-3-2-4-20-6-10)24-16(23)14(9)15(22)21-7-11-12(8-21)17(11,18)19/h5,10-12,20H,2-4,6-8H2,1H3. The number of carbonyl (C=O) groups excluding carboxylic acids is 1. The van der Waals surface area contributed by atoms with Gasteiger partial charge in [0.05, 0.1) is 11.8 Å². The second-order valence-corrected chi connectivity index (χ2v) is 7.14. The highest BCUT2D eigenvalue weighted by atomic mass is 19.3. The molecular weight excluding hydrogens is 318 g/mol. The van der Waals surface area contributed by atoms with Crippen LogP contribution in [-0.4, -0.2) is 42.9 Å². The lowest BCUT2D eigenvalue weighted by Crippen LogP contribution is -2.37. The molecule has 1 saturated carbocycles. The van der Waals surface area contributed by atoms with Gasteiger partial charge in [0, 0.05) is 25.6 Å². The van der Waals surface area contributed by atoms with Crippen molar-refractivity contribution in [1.29, 1.82) is 0 Å². The third-order valence-corrected chi connectivity index (χ3v) is 5.57. The smallest absolute Gasteiger partial charge is 0.349 e. The highest BCUT2D eigenvalue weighted by Gasteiger charge is 2.72. The Balaban J connectivity index is 1.55. The molecule has 4 rings (SSSR count). The average molecular weight is 338 g/mol. The summed E-state index contributed by atoms with van der Waals surface area (Å²) >= 11 is 0. The molecule has 1 amide bonds. The summed E-state index contributed by atoms with van der Waals surface area (Å²) in [5, 5.41) is 3.26. The molecule has 5 nitrogen and oxygen atoms in total. The zero-order valence-electron chi connectivity index (χ0n) is 13.5. The molecule has 7 heteroatoms. The lowest BCUT2D eigenvalue weighted by Gasteiger charge is -2.23. The van der Waals surface area contributed by atoms with E-state index >= 15 is 0 Å². The Hall–Kier alpha value is -1.76. The van der Waals surface area contributed by atoms with Crippen molar-refractivity contribution in [3.63, 3.8) is 0 Å². The summed E-state index contributed by atoms with van der Waals surface area (Å²) in [7, 11) is 0. The molecule has 24 heavy (non-hydrogen) atoms. The Kier molecular flexibility index (Phi) is 3.53. The maximum atomic E-state index is 13.3. The summed E-state index contributed by atoms with van der Waals surface area (Å²) in [6.45, 7) is 3.45. The second-order valence-electron chi connectivity index (χ2n) is 7.14. The van der Waals surface area contributed by atoms with Crippen molar-refractivity contribution in [3.05, 3.63) is 33.4 Å². The average Bonchev–Trinajstić information content (AvgIpc) is 2.91. The van der Waals surface area contributed by atoms with E-state index in [1.165, 1.54) is 4.90 Å². The van der Waals surface area contributed by atoms with Crippen molar-refractivity contribution >= 4 is 5.91 Å². The third kappa shape index (κ3) is 2.37. The third-order valence-electron chi connectivity index (χ3n) is 5.57. The molecule has 0 spiro atoms. The van der Waals surface area contributed by atoms with E-state index in [9.17, 15) is 18.4 Å². The number of hydrogen-bond acceptors (Lipinski definition) is 4. The van der Waals surface area contributed by atoms with Crippen LogP contribution in [0, 0.1) is 18.8 Å². The Morgan fingerprint density at radius 2 is 2.08 bits per heavy atom. The fourth-order valence-corrected chi connectivity index (χ4v) is 4.02. The minimum absolute atomic E-state index is 0.0175. The zero-order chi connectivity index (χ0) is 17.1. The van der Waals surface area contributed by atoms with Gasteiger partial charge in [-0.3, -0.25) is 4.79 Å². The largest absolute Gasteiger partial charge is 0.427 e. The highest BCUT2D eigenvalue weighted by Crippen LogP contribution is 2.59. The van der Waals surface area contributed by atoms with Crippen LogP contribution < -0.4 is 10.9 Å². The summed E-state index contributed by atoms with van der Waals surface area (Å²) in [4.78, 5) is 26.3. The first-order valence-electron chi connectivity index (χ1n) is 8.42. The number of piperidine rings is 2. The molecule has 3 aliphatic rings. The highest BCUT2D eigenvalue weighted by molar-refractivity contribution is 5.95. The molecule has 3 atom stereocenters. The van der Waals surface area contributed by atoms with Crippen molar-refractivity contribution < 1.29 is 18.0 Å². The van der Waals surface area contributed by atoms with Gasteiger partial charge in [0.15, 0.2) is 0 Å². The van der Waals surface area contributed by atoms with Gasteiger partial charge in [-0.1, -0.05) is 0 Å². The molecule has 1 N–H and O–H groups in total. The van der Waals surface area contributed by atoms with Crippen molar-refractivity contribution in [1.82, 2.24) is 10.2 Å². The van der Waals surface area contributed by atoms with E-state index < -0.39 is 29.3 Å². The predicted octanol–water partition coefficient (Wildman–Crippen LogP) is 1.75. The molecule has 1 aromatic rings. The molecule has 0 bridgehead atoms. The van der Waals surface area contributed by atoms with Crippen LogP contribution in [0.1, 0.15) is 40.4 Å². The summed E-state index contributed by atoms with van der Waals surface area (Å²) in [6.07, 6.45) is 1.95. The fourth-order valence-electron chi connectivity index (χ4n) is 4.02. The van der Waals surface area contributed by atoms with Crippen molar-refractivity contribution in [2.75, 3.05) is 26.2 Å². The van der Waals surface area contributed by atoms with Crippen LogP contribution in [0.2, 0.25) is 0 Å². The van der Waals surface area contributed by atoms with Crippen LogP contribution in [0.15, 0.2) is 15.3 Å². The minimum atomic E-state index is -2.64. The van der Waals surface area contributed by atoms with Crippen LogP contribution >= 0.6 is 0 Å². The van der Waals surface area contributed by atoms with E-state index in [2.05, 4.69) is 5.32 Å². The monoisotopic (exact) mass is 338 g/mol. The molecule has 3 heterocycles. The molecule has 2 saturated heterocycles. The Labute approximate surface area is 138 Å². The zero-order valence-corrected chi connectivity index (χ0v) is 13.5. The summed E-state index contributed by atoms with van der Waals surface area (Å²) in [5.74, 6) is -3.90. The molecule has 130 valence electrons. The summed E-state index contributed by atoms with van der Waals surface area (Å²) < 4.78 is 31.9. The number of fused-ring (bicyclic) bond motifs is 1. The molecule has 3 unspecified atom stereocenters. The SMILES string of the molecule is Cc1cc(C2CCCNC2)oc(=O)c1C(=O)N1CC2C(C1)C2(F)F. The quantitative estimate of drug-likeness (QED) is 0.892. The lowest BCUT2D eigenvalue weighted by molar-refractivity contribution is 0.0456. The number of carbonyl (C=O) groups is 1. The van der Waals surface area contributed by atoms with E-state index in [0.29, 0.717) is 11.3 Å². The summed E-state index contributed by atoms with van der Waals surface area (Å²) in [5.41, 5.74) is -0.121. The summed E-state index contributed by atoms with van der Waals surface area (Å²) in [6, 6.07) is 1.75. The Morgan fingerprint density at radius 1 is 1.38 bits per heavy atom. The van der Waals surface area contributed by atoms with Gasteiger partial charge >= 0.3 is 5.63 Å². The van der Waals surface area contributed by atoms with E-state index in [1.807, 2.05) is 0 Å². The fraction of sp³-hybridized carbons (Fsp3) is 0.647. The molecule has 2 aliphatic heterocycles. The molecular formula is C17H20F2N2O3. The lowest BCUT2D eigenvalue weighted by atomic mass is 9.95. The predicted molar refractivity (Wildman–Crippen MR) is 82.4 cm³/mol. The number of hydrogen-bond donors (Lipinski definition) is 1. The Bertz CT molecular complexity index is 726. The molecule has 0 aromatic carbocycles. The van der Waals surface area contributed by atoms with Gasteiger partial charge in [-0.25, -0.2) is 13.6 Å². The van der Waals surface area contributed by atoms with Gasteiger partial charge in [0.2, 0.25) is 0 Å². The molecule has 1 aliphatic carbocycles. The van der Waals surface area contributed by atoms with Gasteiger partial charge in [0.1, 0.15) is 11.3 Å². The van der Waals surface area contributed by atoms with E-state index in [1.54, 1.807) is 13.0 Å².